The fraction of sp³-hybridized carbons (Fsp3) is 0. The molecule has 0 radical (unpaired) electrons. The Labute approximate surface area is 145 Å². The molecule has 3 nitrogen and oxygen atoms in total. The Morgan fingerprint density at radius 3 is 2.87 bits per heavy atom. The predicted molar refractivity (Wildman–Crippen MR) is 94.5 cm³/mol. The summed E-state index contributed by atoms with van der Waals surface area (Å²) in [5.74, 6) is -0.868. The summed E-state index contributed by atoms with van der Waals surface area (Å²) in [5, 5.41) is 7.24. The van der Waals surface area contributed by atoms with Gasteiger partial charge in [-0.3, -0.25) is 10.1 Å². The largest absolute Gasteiger partial charge is 0.298 e. The number of carbonyl (C=O) groups excluding carboxylic acids is 1. The third-order valence-corrected chi connectivity index (χ3v) is 4.89. The van der Waals surface area contributed by atoms with Crippen LogP contribution in [-0.2, 0) is 4.79 Å². The Kier molecular flexibility index (Phi) is 4.85. The van der Waals surface area contributed by atoms with E-state index in [9.17, 15) is 9.18 Å². The third kappa shape index (κ3) is 3.85. The highest BCUT2D eigenvalue weighted by molar-refractivity contribution is 7.16. The molecule has 1 amide bonds. The number of benzene rings is 1. The average molecular weight is 365 g/mol. The van der Waals surface area contributed by atoms with E-state index < -0.39 is 11.7 Å². The quantitative estimate of drug-likeness (QED) is 0.637. The summed E-state index contributed by atoms with van der Waals surface area (Å²) in [5.41, 5.74) is 1.00. The molecule has 0 aliphatic rings. The van der Waals surface area contributed by atoms with E-state index >= 15 is 0 Å². The third-order valence-electron chi connectivity index (χ3n) is 2.91. The minimum atomic E-state index is -0.476. The van der Waals surface area contributed by atoms with Crippen LogP contribution in [0.3, 0.4) is 0 Å². The second-order valence-corrected chi connectivity index (χ2v) is 6.69. The highest BCUT2D eigenvalue weighted by Crippen LogP contribution is 2.28. The van der Waals surface area contributed by atoms with Crippen LogP contribution in [0.4, 0.5) is 9.52 Å². The molecule has 116 valence electrons. The average Bonchev–Trinajstić information content (AvgIpc) is 3.17. The Bertz CT molecular complexity index is 839. The Morgan fingerprint density at radius 1 is 1.26 bits per heavy atom. The molecule has 3 rings (SSSR count). The summed E-state index contributed by atoms with van der Waals surface area (Å²) in [7, 11) is 0. The van der Waals surface area contributed by atoms with E-state index in [-0.39, 0.29) is 10.6 Å². The van der Waals surface area contributed by atoms with Gasteiger partial charge in [0.2, 0.25) is 5.91 Å². The van der Waals surface area contributed by atoms with Crippen molar-refractivity contribution < 1.29 is 9.18 Å². The molecule has 23 heavy (non-hydrogen) atoms. The van der Waals surface area contributed by atoms with Crippen molar-refractivity contribution in [3.05, 3.63) is 63.6 Å². The molecule has 1 N–H and O–H groups in total. The van der Waals surface area contributed by atoms with Crippen LogP contribution >= 0.6 is 34.3 Å². The lowest BCUT2D eigenvalue weighted by Gasteiger charge is -2.00. The zero-order chi connectivity index (χ0) is 16.2. The molecule has 0 unspecified atom stereocenters. The molecular formula is C16H10ClFN2OS2. The van der Waals surface area contributed by atoms with Gasteiger partial charge in [-0.15, -0.1) is 22.7 Å². The maximum atomic E-state index is 13.6. The molecule has 0 atom stereocenters. The Balaban J connectivity index is 1.69. The van der Waals surface area contributed by atoms with Crippen molar-refractivity contribution in [1.29, 1.82) is 0 Å². The van der Waals surface area contributed by atoms with Crippen molar-refractivity contribution in [1.82, 2.24) is 4.98 Å². The van der Waals surface area contributed by atoms with Crippen LogP contribution in [0.5, 0.6) is 0 Å². The monoisotopic (exact) mass is 364 g/mol. The lowest BCUT2D eigenvalue weighted by Crippen LogP contribution is -2.07. The molecule has 0 spiro atoms. The van der Waals surface area contributed by atoms with Gasteiger partial charge in [0.15, 0.2) is 5.13 Å². The molecule has 0 saturated carbocycles. The number of carbonyl (C=O) groups is 1. The van der Waals surface area contributed by atoms with Crippen molar-refractivity contribution in [3.63, 3.8) is 0 Å². The smallest absolute Gasteiger partial charge is 0.250 e. The first-order valence-electron chi connectivity index (χ1n) is 6.56. The molecule has 1 aromatic carbocycles. The fourth-order valence-corrected chi connectivity index (χ4v) is 3.54. The second-order valence-electron chi connectivity index (χ2n) is 4.47. The van der Waals surface area contributed by atoms with E-state index in [2.05, 4.69) is 10.3 Å². The van der Waals surface area contributed by atoms with Gasteiger partial charge in [-0.05, 0) is 29.7 Å². The van der Waals surface area contributed by atoms with Gasteiger partial charge >= 0.3 is 0 Å². The van der Waals surface area contributed by atoms with Crippen LogP contribution in [0.2, 0.25) is 5.02 Å². The van der Waals surface area contributed by atoms with Gasteiger partial charge in [0.05, 0.1) is 15.6 Å². The van der Waals surface area contributed by atoms with Crippen molar-refractivity contribution >= 4 is 51.4 Å². The molecule has 0 aliphatic heterocycles. The predicted octanol–water partition coefficient (Wildman–Crippen LogP) is 5.32. The van der Waals surface area contributed by atoms with E-state index in [0.717, 1.165) is 10.6 Å². The fourth-order valence-electron chi connectivity index (χ4n) is 1.84. The number of hydrogen-bond donors (Lipinski definition) is 1. The van der Waals surface area contributed by atoms with E-state index in [1.54, 1.807) is 17.4 Å². The highest BCUT2D eigenvalue weighted by atomic mass is 35.5. The lowest BCUT2D eigenvalue weighted by molar-refractivity contribution is -0.111. The number of anilines is 1. The topological polar surface area (TPSA) is 42.0 Å². The van der Waals surface area contributed by atoms with Gasteiger partial charge in [0.1, 0.15) is 5.82 Å². The standard InChI is InChI=1S/C16H10ClFN2OS2/c17-11-3-1-4-12(18)10(11)6-7-15(21)20-16-19-13(9-23-16)14-5-2-8-22-14/h1-9H,(H,19,20,21)/b7-6+. The summed E-state index contributed by atoms with van der Waals surface area (Å²) in [6.07, 6.45) is 2.58. The van der Waals surface area contributed by atoms with Crippen LogP contribution in [0.1, 0.15) is 5.56 Å². The van der Waals surface area contributed by atoms with E-state index in [4.69, 9.17) is 11.6 Å². The number of halogens is 2. The maximum absolute atomic E-state index is 13.6. The van der Waals surface area contributed by atoms with Crippen molar-refractivity contribution in [3.8, 4) is 10.6 Å². The molecule has 2 aromatic heterocycles. The summed E-state index contributed by atoms with van der Waals surface area (Å²) >= 11 is 8.82. The summed E-state index contributed by atoms with van der Waals surface area (Å²) in [4.78, 5) is 17.3. The molecule has 0 fully saturated rings. The summed E-state index contributed by atoms with van der Waals surface area (Å²) in [6, 6.07) is 8.27. The van der Waals surface area contributed by atoms with Crippen LogP contribution in [0.25, 0.3) is 16.6 Å². The van der Waals surface area contributed by atoms with Gasteiger partial charge in [0, 0.05) is 17.0 Å². The minimum absolute atomic E-state index is 0.183. The van der Waals surface area contributed by atoms with E-state index in [0.29, 0.717) is 5.13 Å². The molecular weight excluding hydrogens is 355 g/mol. The van der Waals surface area contributed by atoms with E-state index in [1.807, 2.05) is 22.9 Å². The van der Waals surface area contributed by atoms with Crippen LogP contribution in [0.15, 0.2) is 47.2 Å². The lowest BCUT2D eigenvalue weighted by atomic mass is 10.2. The number of aromatic nitrogens is 1. The molecule has 3 aromatic rings. The van der Waals surface area contributed by atoms with E-state index in [1.165, 1.54) is 35.6 Å². The zero-order valence-corrected chi connectivity index (χ0v) is 14.0. The molecule has 0 aliphatic carbocycles. The Hall–Kier alpha value is -2.02. The number of amides is 1. The summed E-state index contributed by atoms with van der Waals surface area (Å²) < 4.78 is 13.6. The zero-order valence-electron chi connectivity index (χ0n) is 11.6. The van der Waals surface area contributed by atoms with Gasteiger partial charge in [0.25, 0.3) is 0 Å². The minimum Gasteiger partial charge on any atom is -0.298 e. The number of rotatable bonds is 4. The van der Waals surface area contributed by atoms with Gasteiger partial charge < -0.3 is 0 Å². The Morgan fingerprint density at radius 2 is 2.13 bits per heavy atom. The second kappa shape index (κ2) is 7.04. The number of thiazole rings is 1. The van der Waals surface area contributed by atoms with Crippen LogP contribution in [0, 0.1) is 5.82 Å². The first kappa shape index (κ1) is 15.9. The summed E-state index contributed by atoms with van der Waals surface area (Å²) in [6.45, 7) is 0. The van der Waals surface area contributed by atoms with Gasteiger partial charge in [-0.2, -0.15) is 0 Å². The number of hydrogen-bond acceptors (Lipinski definition) is 4. The van der Waals surface area contributed by atoms with Gasteiger partial charge in [-0.1, -0.05) is 23.7 Å². The SMILES string of the molecule is O=C(/C=C/c1c(F)cccc1Cl)Nc1nc(-c2cccs2)cs1. The first-order valence-corrected chi connectivity index (χ1v) is 8.69. The van der Waals surface area contributed by atoms with Crippen molar-refractivity contribution in [2.75, 3.05) is 5.32 Å². The molecule has 0 bridgehead atoms. The van der Waals surface area contributed by atoms with Crippen LogP contribution in [-0.4, -0.2) is 10.9 Å². The number of nitrogens with one attached hydrogen (secondary N) is 1. The van der Waals surface area contributed by atoms with Crippen molar-refractivity contribution in [2.24, 2.45) is 0 Å². The number of thiophene rings is 1. The molecule has 2 heterocycles. The maximum Gasteiger partial charge on any atom is 0.250 e. The molecule has 7 heteroatoms. The van der Waals surface area contributed by atoms with Gasteiger partial charge in [-0.25, -0.2) is 9.37 Å². The normalized spacial score (nSPS) is 11.0. The number of nitrogens with zero attached hydrogens (tertiary/aromatic N) is 1. The first-order chi connectivity index (χ1) is 11.1. The molecule has 0 saturated heterocycles. The highest BCUT2D eigenvalue weighted by Gasteiger charge is 2.08. The van der Waals surface area contributed by atoms with Crippen LogP contribution < -0.4 is 5.32 Å². The van der Waals surface area contributed by atoms with Crippen molar-refractivity contribution in [2.45, 2.75) is 0 Å².